The Hall–Kier alpha value is -4.59. The molecule has 158 valence electrons. The van der Waals surface area contributed by atoms with Crippen LogP contribution in [0.25, 0.3) is 17.0 Å². The van der Waals surface area contributed by atoms with Gasteiger partial charge in [0.1, 0.15) is 11.5 Å². The third kappa shape index (κ3) is 4.59. The summed E-state index contributed by atoms with van der Waals surface area (Å²) >= 11 is 0. The average molecular weight is 428 g/mol. The summed E-state index contributed by atoms with van der Waals surface area (Å²) in [5.74, 6) is -2.22. The molecule has 0 saturated heterocycles. The van der Waals surface area contributed by atoms with Gasteiger partial charge in [-0.15, -0.1) is 10.2 Å². The number of hydrogen-bond donors (Lipinski definition) is 3. The van der Waals surface area contributed by atoms with Gasteiger partial charge in [-0.25, -0.2) is 4.39 Å². The van der Waals surface area contributed by atoms with E-state index in [-0.39, 0.29) is 22.7 Å². The molecule has 8 heteroatoms. The number of benzene rings is 3. The molecule has 0 aliphatic rings. The summed E-state index contributed by atoms with van der Waals surface area (Å²) in [5, 5.41) is 20.4. The maximum Gasteiger partial charge on any atom is 0.311 e. The second-order valence-corrected chi connectivity index (χ2v) is 6.81. The van der Waals surface area contributed by atoms with Crippen LogP contribution < -0.4 is 5.32 Å². The van der Waals surface area contributed by atoms with Gasteiger partial charge in [0.05, 0.1) is 5.52 Å². The summed E-state index contributed by atoms with van der Waals surface area (Å²) in [6.07, 6.45) is 1.47. The average Bonchev–Trinajstić information content (AvgIpc) is 3.12. The highest BCUT2D eigenvalue weighted by molar-refractivity contribution is 6.05. The Morgan fingerprint density at radius 1 is 0.969 bits per heavy atom. The first-order chi connectivity index (χ1) is 15.5. The SMILES string of the molecule is O=C(N=Nc1c(O)[nH]c2ccc(F)cc12)/C(=C/c1ccccc1)NC(=O)c1ccccc1. The zero-order chi connectivity index (χ0) is 22.5. The molecular weight excluding hydrogens is 411 g/mol. The summed E-state index contributed by atoms with van der Waals surface area (Å²) in [6, 6.07) is 21.1. The number of fused-ring (bicyclic) bond motifs is 1. The fourth-order valence-corrected chi connectivity index (χ4v) is 3.04. The van der Waals surface area contributed by atoms with Crippen molar-refractivity contribution in [3.63, 3.8) is 0 Å². The minimum Gasteiger partial charge on any atom is -0.493 e. The minimum absolute atomic E-state index is 0.0821. The van der Waals surface area contributed by atoms with Crippen LogP contribution >= 0.6 is 0 Å². The number of carbonyl (C=O) groups excluding carboxylic acids is 2. The number of amides is 2. The van der Waals surface area contributed by atoms with E-state index in [2.05, 4.69) is 20.5 Å². The van der Waals surface area contributed by atoms with Crippen molar-refractivity contribution in [2.24, 2.45) is 10.2 Å². The molecule has 0 bridgehead atoms. The van der Waals surface area contributed by atoms with E-state index in [1.54, 1.807) is 54.6 Å². The van der Waals surface area contributed by atoms with Crippen LogP contribution in [-0.2, 0) is 4.79 Å². The lowest BCUT2D eigenvalue weighted by Gasteiger charge is -2.07. The first kappa shape index (κ1) is 20.7. The number of carbonyl (C=O) groups is 2. The van der Waals surface area contributed by atoms with Gasteiger partial charge in [0, 0.05) is 10.9 Å². The number of halogens is 1. The van der Waals surface area contributed by atoms with Crippen LogP contribution in [0.1, 0.15) is 15.9 Å². The number of H-pyrrole nitrogens is 1. The molecule has 0 aliphatic heterocycles. The molecule has 3 aromatic carbocycles. The smallest absolute Gasteiger partial charge is 0.311 e. The van der Waals surface area contributed by atoms with E-state index in [1.807, 2.05) is 6.07 Å². The molecule has 4 rings (SSSR count). The van der Waals surface area contributed by atoms with Crippen LogP contribution in [0.2, 0.25) is 0 Å². The van der Waals surface area contributed by atoms with Crippen molar-refractivity contribution in [1.29, 1.82) is 0 Å². The third-order valence-corrected chi connectivity index (χ3v) is 4.58. The highest BCUT2D eigenvalue weighted by Crippen LogP contribution is 2.35. The molecule has 1 heterocycles. The highest BCUT2D eigenvalue weighted by Gasteiger charge is 2.16. The zero-order valence-corrected chi connectivity index (χ0v) is 16.6. The highest BCUT2D eigenvalue weighted by atomic mass is 19.1. The summed E-state index contributed by atoms with van der Waals surface area (Å²) < 4.78 is 13.6. The standard InChI is InChI=1S/C24H17FN4O3/c25-17-11-12-19-18(14-17)21(24(32)26-19)28-29-23(31)20(13-15-7-3-1-4-8-15)27-22(30)16-9-5-2-6-10-16/h1-14,26,32H,(H,27,30)/b20-13-,29-28?. The van der Waals surface area contributed by atoms with Gasteiger partial charge in [0.2, 0.25) is 5.88 Å². The van der Waals surface area contributed by atoms with Gasteiger partial charge in [0.15, 0.2) is 5.69 Å². The lowest BCUT2D eigenvalue weighted by atomic mass is 10.1. The maximum absolute atomic E-state index is 13.6. The van der Waals surface area contributed by atoms with Crippen molar-refractivity contribution >= 4 is 34.5 Å². The Kier molecular flexibility index (Phi) is 5.85. The van der Waals surface area contributed by atoms with Crippen LogP contribution in [0.5, 0.6) is 5.88 Å². The summed E-state index contributed by atoms with van der Waals surface area (Å²) in [7, 11) is 0. The second kappa shape index (κ2) is 9.05. The van der Waals surface area contributed by atoms with Crippen LogP contribution in [0.15, 0.2) is 94.8 Å². The molecule has 3 N–H and O–H groups in total. The molecule has 0 atom stereocenters. The van der Waals surface area contributed by atoms with E-state index >= 15 is 0 Å². The Bertz CT molecular complexity index is 1350. The van der Waals surface area contributed by atoms with Gasteiger partial charge in [-0.1, -0.05) is 48.5 Å². The van der Waals surface area contributed by atoms with Crippen molar-refractivity contribution in [3.8, 4) is 5.88 Å². The summed E-state index contributed by atoms with van der Waals surface area (Å²) in [4.78, 5) is 28.0. The van der Waals surface area contributed by atoms with Crippen LogP contribution in [-0.4, -0.2) is 21.9 Å². The van der Waals surface area contributed by atoms with Crippen molar-refractivity contribution in [1.82, 2.24) is 10.3 Å². The first-order valence-corrected chi connectivity index (χ1v) is 9.60. The molecule has 0 aliphatic carbocycles. The van der Waals surface area contributed by atoms with Crippen molar-refractivity contribution in [2.75, 3.05) is 0 Å². The molecule has 0 spiro atoms. The predicted octanol–water partition coefficient (Wildman–Crippen LogP) is 5.09. The Labute approximate surface area is 181 Å². The van der Waals surface area contributed by atoms with Gasteiger partial charge < -0.3 is 15.4 Å². The van der Waals surface area contributed by atoms with Gasteiger partial charge in [0.25, 0.3) is 5.91 Å². The lowest BCUT2D eigenvalue weighted by molar-refractivity contribution is -0.115. The summed E-state index contributed by atoms with van der Waals surface area (Å²) in [6.45, 7) is 0. The quantitative estimate of drug-likeness (QED) is 0.304. The molecular formula is C24H17FN4O3. The van der Waals surface area contributed by atoms with Crippen LogP contribution in [0.4, 0.5) is 10.1 Å². The Morgan fingerprint density at radius 3 is 2.38 bits per heavy atom. The number of hydrogen-bond acceptors (Lipinski definition) is 4. The van der Waals surface area contributed by atoms with E-state index in [0.29, 0.717) is 16.6 Å². The predicted molar refractivity (Wildman–Crippen MR) is 118 cm³/mol. The van der Waals surface area contributed by atoms with Gasteiger partial charge in [-0.05, 0) is 42.0 Å². The van der Waals surface area contributed by atoms with E-state index < -0.39 is 17.6 Å². The fourth-order valence-electron chi connectivity index (χ4n) is 3.04. The van der Waals surface area contributed by atoms with Crippen molar-refractivity contribution in [2.45, 2.75) is 0 Å². The van der Waals surface area contributed by atoms with Crippen LogP contribution in [0, 0.1) is 5.82 Å². The number of aromatic amines is 1. The third-order valence-electron chi connectivity index (χ3n) is 4.58. The van der Waals surface area contributed by atoms with Gasteiger partial charge in [-0.3, -0.25) is 9.59 Å². The monoisotopic (exact) mass is 428 g/mol. The van der Waals surface area contributed by atoms with Crippen LogP contribution in [0.3, 0.4) is 0 Å². The topological polar surface area (TPSA) is 107 Å². The van der Waals surface area contributed by atoms with Crippen molar-refractivity contribution < 1.29 is 19.1 Å². The fraction of sp³-hybridized carbons (Fsp3) is 0. The van der Waals surface area contributed by atoms with E-state index in [9.17, 15) is 19.1 Å². The molecule has 7 nitrogen and oxygen atoms in total. The largest absolute Gasteiger partial charge is 0.493 e. The van der Waals surface area contributed by atoms with E-state index in [4.69, 9.17) is 0 Å². The maximum atomic E-state index is 13.6. The molecule has 4 aromatic rings. The molecule has 1 aromatic heterocycles. The Morgan fingerprint density at radius 2 is 1.66 bits per heavy atom. The number of azo groups is 1. The molecule has 0 unspecified atom stereocenters. The zero-order valence-electron chi connectivity index (χ0n) is 16.6. The van der Waals surface area contributed by atoms with Gasteiger partial charge >= 0.3 is 5.91 Å². The molecule has 0 saturated carbocycles. The van der Waals surface area contributed by atoms with E-state index in [0.717, 1.165) is 0 Å². The molecule has 2 amide bonds. The number of aromatic nitrogens is 1. The number of aromatic hydroxyl groups is 1. The number of nitrogens with one attached hydrogen (secondary N) is 2. The number of nitrogens with zero attached hydrogens (tertiary/aromatic N) is 2. The number of rotatable bonds is 5. The first-order valence-electron chi connectivity index (χ1n) is 9.60. The lowest BCUT2D eigenvalue weighted by Crippen LogP contribution is -2.26. The van der Waals surface area contributed by atoms with E-state index in [1.165, 1.54) is 24.3 Å². The van der Waals surface area contributed by atoms with Gasteiger partial charge in [-0.2, -0.15) is 0 Å². The molecule has 32 heavy (non-hydrogen) atoms. The molecule has 0 fully saturated rings. The summed E-state index contributed by atoms with van der Waals surface area (Å²) in [5.41, 5.74) is 1.26. The minimum atomic E-state index is -0.844. The normalized spacial score (nSPS) is 11.7. The second-order valence-electron chi connectivity index (χ2n) is 6.81. The molecule has 0 radical (unpaired) electrons. The van der Waals surface area contributed by atoms with Crippen molar-refractivity contribution in [3.05, 3.63) is 102 Å². The Balaban J connectivity index is 1.66.